The van der Waals surface area contributed by atoms with Gasteiger partial charge in [-0.05, 0) is 19.4 Å². The molecule has 0 bridgehead atoms. The summed E-state index contributed by atoms with van der Waals surface area (Å²) in [6, 6.07) is -0.957. The molecule has 0 aliphatic carbocycles. The molecule has 0 aliphatic heterocycles. The number of rotatable bonds is 6. The van der Waals surface area contributed by atoms with Crippen LogP contribution in [0.4, 0.5) is 4.39 Å². The first-order valence-electron chi connectivity index (χ1n) is 3.55. The Morgan fingerprint density at radius 3 is 2.67 bits per heavy atom. The summed E-state index contributed by atoms with van der Waals surface area (Å²) in [7, 11) is 0. The molecule has 0 aromatic heterocycles. The third-order valence-corrected chi connectivity index (χ3v) is 1.45. The molecule has 0 aromatic carbocycles. The molecule has 4 N–H and O–H groups in total. The van der Waals surface area contributed by atoms with Gasteiger partial charge in [-0.15, -0.1) is 0 Å². The van der Waals surface area contributed by atoms with Crippen molar-refractivity contribution >= 4 is 17.6 Å². The Balaban J connectivity index is 3.78. The number of alkyl halides is 2. The minimum Gasteiger partial charge on any atom is -0.480 e. The highest BCUT2D eigenvalue weighted by atomic mass is 35.5. The molecule has 72 valence electrons. The van der Waals surface area contributed by atoms with E-state index in [-0.39, 0.29) is 6.42 Å². The topological polar surface area (TPSA) is 75.3 Å². The molecule has 1 unspecified atom stereocenters. The summed E-state index contributed by atoms with van der Waals surface area (Å²) in [6.07, 6.45) is 0.798. The minimum absolute atomic E-state index is 0.277. The molecule has 0 aromatic rings. The van der Waals surface area contributed by atoms with Crippen molar-refractivity contribution in [2.45, 2.75) is 24.6 Å². The number of halogens is 2. The Morgan fingerprint density at radius 2 is 2.33 bits per heavy atom. The fourth-order valence-corrected chi connectivity index (χ4v) is 0.904. The molecule has 0 radical (unpaired) electrons. The number of carbonyl (C=O) groups is 1. The largest absolute Gasteiger partial charge is 0.480 e. The van der Waals surface area contributed by atoms with Crippen LogP contribution in [0.3, 0.4) is 0 Å². The lowest BCUT2D eigenvalue weighted by Crippen LogP contribution is -2.39. The molecular formula is C6H12ClFN2O2. The lowest BCUT2D eigenvalue weighted by molar-refractivity contribution is -0.140. The monoisotopic (exact) mass is 198 g/mol. The van der Waals surface area contributed by atoms with Crippen molar-refractivity contribution in [1.29, 1.82) is 0 Å². The van der Waals surface area contributed by atoms with Crippen LogP contribution < -0.4 is 11.1 Å². The molecule has 0 aliphatic rings. The van der Waals surface area contributed by atoms with Crippen LogP contribution in [0.25, 0.3) is 0 Å². The first-order valence-corrected chi connectivity index (χ1v) is 3.98. The summed E-state index contributed by atoms with van der Waals surface area (Å²) in [5, 5.41) is 10.6. The number of hydrogen-bond acceptors (Lipinski definition) is 3. The van der Waals surface area contributed by atoms with E-state index in [1.165, 1.54) is 0 Å². The maximum absolute atomic E-state index is 12.1. The Labute approximate surface area is 74.9 Å². The van der Waals surface area contributed by atoms with Crippen molar-refractivity contribution in [1.82, 2.24) is 5.32 Å². The number of nitrogens with two attached hydrogens (primary N) is 1. The summed E-state index contributed by atoms with van der Waals surface area (Å²) >= 11 is 4.92. The lowest BCUT2D eigenvalue weighted by Gasteiger charge is -2.13. The second-order valence-electron chi connectivity index (χ2n) is 2.29. The van der Waals surface area contributed by atoms with Crippen molar-refractivity contribution in [2.75, 3.05) is 6.54 Å². The van der Waals surface area contributed by atoms with Gasteiger partial charge in [0.05, 0.1) is 0 Å². The van der Waals surface area contributed by atoms with E-state index < -0.39 is 17.8 Å². The fourth-order valence-electron chi connectivity index (χ4n) is 0.752. The van der Waals surface area contributed by atoms with Crippen LogP contribution >= 0.6 is 11.6 Å². The van der Waals surface area contributed by atoms with Gasteiger partial charge >= 0.3 is 5.97 Å². The van der Waals surface area contributed by atoms with Crippen molar-refractivity contribution in [3.63, 3.8) is 0 Å². The standard InChI is InChI=1S/C6H12ClFN2O2/c7-6(8)10-4(5(11)12)2-1-3-9/h4,6,10H,1-3,9H2,(H,11,12)/t4-,6?/m0/s1. The fraction of sp³-hybridized carbons (Fsp3) is 0.833. The van der Waals surface area contributed by atoms with E-state index in [0.29, 0.717) is 13.0 Å². The van der Waals surface area contributed by atoms with Crippen LogP contribution in [0.2, 0.25) is 0 Å². The zero-order valence-corrected chi connectivity index (χ0v) is 7.22. The number of hydrogen-bond donors (Lipinski definition) is 3. The normalized spacial score (nSPS) is 15.6. The second kappa shape index (κ2) is 6.16. The molecule has 0 heterocycles. The zero-order valence-electron chi connectivity index (χ0n) is 6.46. The van der Waals surface area contributed by atoms with Crippen LogP contribution in [-0.4, -0.2) is 29.4 Å². The minimum atomic E-state index is -1.83. The van der Waals surface area contributed by atoms with Crippen LogP contribution in [0.15, 0.2) is 0 Å². The molecule has 0 amide bonds. The van der Waals surface area contributed by atoms with E-state index in [2.05, 4.69) is 5.32 Å². The van der Waals surface area contributed by atoms with Crippen molar-refractivity contribution in [2.24, 2.45) is 5.73 Å². The molecule has 6 heteroatoms. The van der Waals surface area contributed by atoms with Gasteiger partial charge in [0.2, 0.25) is 5.75 Å². The highest BCUT2D eigenvalue weighted by Crippen LogP contribution is 2.01. The maximum atomic E-state index is 12.1. The smallest absolute Gasteiger partial charge is 0.320 e. The molecule has 2 atom stereocenters. The summed E-state index contributed by atoms with van der Waals surface area (Å²) in [4.78, 5) is 10.4. The zero-order chi connectivity index (χ0) is 9.56. The van der Waals surface area contributed by atoms with Gasteiger partial charge in [-0.25, -0.2) is 4.39 Å². The third kappa shape index (κ3) is 5.29. The first-order chi connectivity index (χ1) is 5.57. The van der Waals surface area contributed by atoms with Crippen molar-refractivity contribution < 1.29 is 14.3 Å². The molecule has 12 heavy (non-hydrogen) atoms. The number of nitrogens with one attached hydrogen (secondary N) is 1. The number of aliphatic carboxylic acids is 1. The quantitative estimate of drug-likeness (QED) is 0.423. The Morgan fingerprint density at radius 1 is 1.75 bits per heavy atom. The predicted molar refractivity (Wildman–Crippen MR) is 43.6 cm³/mol. The van der Waals surface area contributed by atoms with E-state index in [0.717, 1.165) is 0 Å². The first kappa shape index (κ1) is 11.6. The molecule has 0 spiro atoms. The third-order valence-electron chi connectivity index (χ3n) is 1.32. The molecule has 4 nitrogen and oxygen atoms in total. The van der Waals surface area contributed by atoms with Gasteiger partial charge in [-0.1, -0.05) is 11.6 Å². The van der Waals surface area contributed by atoms with Gasteiger partial charge in [-0.2, -0.15) is 0 Å². The molecule has 0 rings (SSSR count). The van der Waals surface area contributed by atoms with Gasteiger partial charge in [0.1, 0.15) is 6.04 Å². The molecule has 0 fully saturated rings. The number of carboxylic acids is 1. The highest BCUT2D eigenvalue weighted by molar-refractivity contribution is 6.19. The van der Waals surface area contributed by atoms with Crippen LogP contribution in [0.1, 0.15) is 12.8 Å². The molecule has 0 saturated heterocycles. The summed E-state index contributed by atoms with van der Waals surface area (Å²) in [6.45, 7) is 0.380. The van der Waals surface area contributed by atoms with E-state index in [1.54, 1.807) is 0 Å². The van der Waals surface area contributed by atoms with Gasteiger partial charge < -0.3 is 10.8 Å². The second-order valence-corrected chi connectivity index (χ2v) is 2.67. The van der Waals surface area contributed by atoms with E-state index >= 15 is 0 Å². The van der Waals surface area contributed by atoms with Gasteiger partial charge in [0.25, 0.3) is 0 Å². The average molecular weight is 199 g/mol. The van der Waals surface area contributed by atoms with Crippen LogP contribution in [-0.2, 0) is 4.79 Å². The van der Waals surface area contributed by atoms with E-state index in [1.807, 2.05) is 0 Å². The van der Waals surface area contributed by atoms with Crippen molar-refractivity contribution in [3.05, 3.63) is 0 Å². The predicted octanol–water partition coefficient (Wildman–Crippen LogP) is 0.260. The van der Waals surface area contributed by atoms with Crippen molar-refractivity contribution in [3.8, 4) is 0 Å². The van der Waals surface area contributed by atoms with Gasteiger partial charge in [0.15, 0.2) is 0 Å². The Hall–Kier alpha value is -0.390. The van der Waals surface area contributed by atoms with Crippen LogP contribution in [0.5, 0.6) is 0 Å². The lowest BCUT2D eigenvalue weighted by atomic mass is 10.1. The van der Waals surface area contributed by atoms with E-state index in [9.17, 15) is 9.18 Å². The van der Waals surface area contributed by atoms with Gasteiger partial charge in [0, 0.05) is 0 Å². The van der Waals surface area contributed by atoms with Gasteiger partial charge in [-0.3, -0.25) is 10.1 Å². The van der Waals surface area contributed by atoms with E-state index in [4.69, 9.17) is 22.4 Å². The Bertz CT molecular complexity index is 146. The summed E-state index contributed by atoms with van der Waals surface area (Å²) in [5.74, 6) is -2.95. The summed E-state index contributed by atoms with van der Waals surface area (Å²) in [5.41, 5.74) is 5.16. The number of carboxylic acid groups (broad SMARTS) is 1. The molecular weight excluding hydrogens is 187 g/mol. The summed E-state index contributed by atoms with van der Waals surface area (Å²) < 4.78 is 12.1. The van der Waals surface area contributed by atoms with Crippen LogP contribution in [0, 0.1) is 0 Å². The highest BCUT2D eigenvalue weighted by Gasteiger charge is 2.18. The Kier molecular flexibility index (Phi) is 5.96. The average Bonchev–Trinajstić information content (AvgIpc) is 1.96. The SMILES string of the molecule is NCCC[C@H](NC(F)Cl)C(=O)O. The maximum Gasteiger partial charge on any atom is 0.320 e. The molecule has 0 saturated carbocycles.